The van der Waals surface area contributed by atoms with Crippen LogP contribution in [0, 0.1) is 5.41 Å². The van der Waals surface area contributed by atoms with E-state index in [-0.39, 0.29) is 10.8 Å². The normalized spacial score (nSPS) is 30.2. The molecule has 1 aliphatic rings. The fourth-order valence-electron chi connectivity index (χ4n) is 2.27. The third kappa shape index (κ3) is 1.83. The summed E-state index contributed by atoms with van der Waals surface area (Å²) >= 11 is 6.00. The summed E-state index contributed by atoms with van der Waals surface area (Å²) in [5.41, 5.74) is 0.641. The van der Waals surface area contributed by atoms with Crippen LogP contribution in [0.5, 0.6) is 0 Å². The second kappa shape index (κ2) is 4.79. The minimum Gasteiger partial charge on any atom is -0.394 e. The molecule has 0 aliphatic carbocycles. The highest BCUT2D eigenvalue weighted by Gasteiger charge is 2.44. The highest BCUT2D eigenvalue weighted by atomic mass is 35.5. The highest BCUT2D eigenvalue weighted by Crippen LogP contribution is 2.32. The summed E-state index contributed by atoms with van der Waals surface area (Å²) < 4.78 is 6.73. The van der Waals surface area contributed by atoms with Gasteiger partial charge in [0, 0.05) is 0 Å². The van der Waals surface area contributed by atoms with Crippen LogP contribution in [0.2, 0.25) is 5.28 Å². The van der Waals surface area contributed by atoms with Gasteiger partial charge >= 0.3 is 0 Å². The van der Waals surface area contributed by atoms with Crippen LogP contribution < -0.4 is 5.49 Å². The molecule has 1 aliphatic heterocycles. The number of rotatable bonds is 2. The molecular weight excluding hydrogens is 290 g/mol. The van der Waals surface area contributed by atoms with Gasteiger partial charge in [0.25, 0.3) is 0 Å². The molecule has 0 saturated carbocycles. The van der Waals surface area contributed by atoms with E-state index in [0.717, 1.165) is 0 Å². The first-order valence-corrected chi connectivity index (χ1v) is 6.20. The molecule has 108 valence electrons. The molecular formula is C10H12ClN5O4. The number of aliphatic hydroxyl groups is 3. The number of ether oxygens (including phenoxy) is 1. The number of aliphatic hydroxyl groups excluding tert-OH is 3. The van der Waals surface area contributed by atoms with E-state index >= 15 is 0 Å². The summed E-state index contributed by atoms with van der Waals surface area (Å²) in [4.78, 5) is 3.82. The largest absolute Gasteiger partial charge is 0.394 e. The lowest BCUT2D eigenvalue weighted by Gasteiger charge is -2.20. The van der Waals surface area contributed by atoms with Gasteiger partial charge in [-0.1, -0.05) is 0 Å². The van der Waals surface area contributed by atoms with Crippen LogP contribution in [-0.4, -0.2) is 60.0 Å². The summed E-state index contributed by atoms with van der Waals surface area (Å²) in [5.74, 6) is 0. The Morgan fingerprint density at radius 2 is 2.20 bits per heavy atom. The lowest BCUT2D eigenvalue weighted by atomic mass is 10.1. The average Bonchev–Trinajstić information content (AvgIpc) is 2.99. The third-order valence-corrected chi connectivity index (χ3v) is 3.56. The molecule has 0 unspecified atom stereocenters. The first-order chi connectivity index (χ1) is 9.54. The van der Waals surface area contributed by atoms with Crippen molar-refractivity contribution in [3.63, 3.8) is 0 Å². The third-order valence-electron chi connectivity index (χ3n) is 3.29. The number of hydrogen-bond acceptors (Lipinski definition) is 7. The molecule has 9 nitrogen and oxygen atoms in total. The van der Waals surface area contributed by atoms with Crippen LogP contribution in [0.4, 0.5) is 0 Å². The maximum absolute atomic E-state index is 10.0. The average molecular weight is 302 g/mol. The summed E-state index contributed by atoms with van der Waals surface area (Å²) in [6, 6.07) is 0. The smallest absolute Gasteiger partial charge is 0.207 e. The van der Waals surface area contributed by atoms with Crippen molar-refractivity contribution in [3.8, 4) is 0 Å². The number of nitrogens with zero attached hydrogens (tertiary/aromatic N) is 3. The van der Waals surface area contributed by atoms with Crippen LogP contribution in [0.15, 0.2) is 6.20 Å². The molecule has 5 N–H and O–H groups in total. The van der Waals surface area contributed by atoms with Gasteiger partial charge in [0.1, 0.15) is 23.8 Å². The first-order valence-electron chi connectivity index (χ1n) is 5.82. The van der Waals surface area contributed by atoms with Crippen LogP contribution >= 0.6 is 11.6 Å². The Bertz CT molecular complexity index is 701. The maximum Gasteiger partial charge on any atom is 0.207 e. The zero-order valence-corrected chi connectivity index (χ0v) is 10.8. The molecule has 0 radical (unpaired) electrons. The van der Waals surface area contributed by atoms with Gasteiger partial charge in [0.2, 0.25) is 5.28 Å². The van der Waals surface area contributed by atoms with E-state index in [0.29, 0.717) is 11.0 Å². The lowest BCUT2D eigenvalue weighted by molar-refractivity contribution is -0.0511. The zero-order valence-electron chi connectivity index (χ0n) is 10.1. The quantitative estimate of drug-likeness (QED) is 0.428. The van der Waals surface area contributed by atoms with E-state index in [1.807, 2.05) is 0 Å². The van der Waals surface area contributed by atoms with Crippen molar-refractivity contribution in [2.75, 3.05) is 6.61 Å². The van der Waals surface area contributed by atoms with E-state index in [4.69, 9.17) is 26.9 Å². The van der Waals surface area contributed by atoms with Gasteiger partial charge < -0.3 is 20.1 Å². The van der Waals surface area contributed by atoms with Crippen LogP contribution in [0.1, 0.15) is 6.23 Å². The van der Waals surface area contributed by atoms with Gasteiger partial charge in [0.05, 0.1) is 18.3 Å². The van der Waals surface area contributed by atoms with Crippen LogP contribution in [0.25, 0.3) is 11.0 Å². The number of aromatic amines is 1. The SMILES string of the molecule is N=c1nc(Cl)n([C@@H]2O[C@H](CO)[C@@H](O)[C@H]2O)c2cn[nH]c12. The molecule has 2 aromatic heterocycles. The number of nitrogens with one attached hydrogen (secondary N) is 2. The number of H-pyrrole nitrogens is 1. The van der Waals surface area contributed by atoms with Gasteiger partial charge in [-0.25, -0.2) is 0 Å². The molecule has 0 bridgehead atoms. The molecule has 20 heavy (non-hydrogen) atoms. The van der Waals surface area contributed by atoms with Crippen molar-refractivity contribution in [3.05, 3.63) is 17.0 Å². The summed E-state index contributed by atoms with van der Waals surface area (Å²) in [6.07, 6.45) is -3.06. The molecule has 3 rings (SSSR count). The Balaban J connectivity index is 2.16. The van der Waals surface area contributed by atoms with Crippen molar-refractivity contribution >= 4 is 22.6 Å². The Labute approximate surface area is 116 Å². The van der Waals surface area contributed by atoms with Crippen molar-refractivity contribution in [2.24, 2.45) is 0 Å². The lowest BCUT2D eigenvalue weighted by Crippen LogP contribution is -2.33. The number of fused-ring (bicyclic) bond motifs is 1. The Morgan fingerprint density at radius 3 is 2.85 bits per heavy atom. The monoisotopic (exact) mass is 301 g/mol. The predicted octanol–water partition coefficient (Wildman–Crippen LogP) is -1.50. The minimum atomic E-state index is -1.29. The fraction of sp³-hybridized carbons (Fsp3) is 0.500. The Hall–Kier alpha value is -1.52. The van der Waals surface area contributed by atoms with Crippen molar-refractivity contribution in [1.29, 1.82) is 5.41 Å². The van der Waals surface area contributed by atoms with E-state index in [9.17, 15) is 10.2 Å². The number of aromatic nitrogens is 4. The van der Waals surface area contributed by atoms with Crippen molar-refractivity contribution < 1.29 is 20.1 Å². The predicted molar refractivity (Wildman–Crippen MR) is 65.8 cm³/mol. The molecule has 0 aromatic carbocycles. The molecule has 2 aromatic rings. The minimum absolute atomic E-state index is 0.0845. The second-order valence-corrected chi connectivity index (χ2v) is 4.80. The van der Waals surface area contributed by atoms with E-state index in [1.165, 1.54) is 10.8 Å². The maximum atomic E-state index is 10.0. The van der Waals surface area contributed by atoms with Gasteiger partial charge in [0.15, 0.2) is 11.7 Å². The van der Waals surface area contributed by atoms with Gasteiger partial charge in [-0.05, 0) is 11.6 Å². The summed E-state index contributed by atoms with van der Waals surface area (Å²) in [5, 5.41) is 42.9. The van der Waals surface area contributed by atoms with E-state index in [1.54, 1.807) is 0 Å². The van der Waals surface area contributed by atoms with Crippen molar-refractivity contribution in [2.45, 2.75) is 24.5 Å². The topological polar surface area (TPSA) is 140 Å². The molecule has 1 fully saturated rings. The molecule has 0 spiro atoms. The van der Waals surface area contributed by atoms with Crippen LogP contribution in [0.3, 0.4) is 0 Å². The first kappa shape index (κ1) is 13.5. The van der Waals surface area contributed by atoms with Crippen LogP contribution in [-0.2, 0) is 4.74 Å². The molecule has 1 saturated heterocycles. The molecule has 3 heterocycles. The molecule has 10 heteroatoms. The number of hydrogen-bond donors (Lipinski definition) is 5. The van der Waals surface area contributed by atoms with E-state index < -0.39 is 31.1 Å². The summed E-state index contributed by atoms with van der Waals surface area (Å²) in [7, 11) is 0. The fourth-order valence-corrected chi connectivity index (χ4v) is 2.55. The van der Waals surface area contributed by atoms with E-state index in [2.05, 4.69) is 15.2 Å². The Morgan fingerprint density at radius 1 is 1.45 bits per heavy atom. The zero-order chi connectivity index (χ0) is 14.4. The standard InChI is InChI=1S/C10H12ClN5O4/c11-10-14-8(12)5-3(1-13-15-5)16(10)9-7(19)6(18)4(2-17)20-9/h1,4,6-7,9,12,17-19H,2H2,(H,13,15)/t4-,6-,7-,9-/m1/s1. The van der Waals surface area contributed by atoms with Crippen molar-refractivity contribution in [1.82, 2.24) is 19.7 Å². The molecule has 0 amide bonds. The van der Waals surface area contributed by atoms with Gasteiger partial charge in [-0.2, -0.15) is 10.1 Å². The second-order valence-electron chi connectivity index (χ2n) is 4.46. The van der Waals surface area contributed by atoms with Gasteiger partial charge in [-0.15, -0.1) is 0 Å². The Kier molecular flexibility index (Phi) is 3.22. The highest BCUT2D eigenvalue weighted by molar-refractivity contribution is 6.28. The summed E-state index contributed by atoms with van der Waals surface area (Å²) in [6.45, 7) is -0.439. The van der Waals surface area contributed by atoms with Gasteiger partial charge in [-0.3, -0.25) is 15.1 Å². The molecule has 4 atom stereocenters. The number of halogens is 1.